The summed E-state index contributed by atoms with van der Waals surface area (Å²) in [4.78, 5) is 14.1. The number of nitrogens with one attached hydrogen (secondary N) is 1. The maximum absolute atomic E-state index is 12.6. The van der Waals surface area contributed by atoms with Gasteiger partial charge in [0.05, 0.1) is 28.8 Å². The van der Waals surface area contributed by atoms with E-state index in [9.17, 15) is 13.2 Å². The predicted molar refractivity (Wildman–Crippen MR) is 111 cm³/mol. The van der Waals surface area contributed by atoms with Crippen LogP contribution in [-0.4, -0.2) is 51.6 Å². The maximum Gasteiger partial charge on any atom is 0.263 e. The van der Waals surface area contributed by atoms with Crippen LogP contribution in [0.25, 0.3) is 0 Å². The molecular weight excluding hydrogens is 439 g/mol. The van der Waals surface area contributed by atoms with Crippen LogP contribution in [0.4, 0.5) is 5.69 Å². The summed E-state index contributed by atoms with van der Waals surface area (Å²) in [5.74, 6) is 0.256. The van der Waals surface area contributed by atoms with Gasteiger partial charge >= 0.3 is 0 Å². The number of hydrogen-bond donors (Lipinski definition) is 1. The van der Waals surface area contributed by atoms with Crippen molar-refractivity contribution in [3.8, 4) is 5.75 Å². The van der Waals surface area contributed by atoms with Crippen molar-refractivity contribution >= 4 is 44.8 Å². The Morgan fingerprint density at radius 2 is 1.79 bits per heavy atom. The summed E-state index contributed by atoms with van der Waals surface area (Å²) >= 11 is 11.9. The zero-order valence-electron chi connectivity index (χ0n) is 15.6. The second kappa shape index (κ2) is 9.21. The van der Waals surface area contributed by atoms with Crippen LogP contribution in [-0.2, 0) is 19.6 Å². The number of morpholine rings is 1. The zero-order valence-corrected chi connectivity index (χ0v) is 17.9. The highest BCUT2D eigenvalue weighted by atomic mass is 35.5. The van der Waals surface area contributed by atoms with Gasteiger partial charge < -0.3 is 14.4 Å². The summed E-state index contributed by atoms with van der Waals surface area (Å²) in [6.45, 7) is 3.74. The van der Waals surface area contributed by atoms with Crippen LogP contribution in [0, 0.1) is 0 Å². The monoisotopic (exact) mass is 458 g/mol. The van der Waals surface area contributed by atoms with Crippen LogP contribution >= 0.6 is 23.2 Å². The van der Waals surface area contributed by atoms with Crippen molar-refractivity contribution < 1.29 is 22.7 Å². The smallest absolute Gasteiger partial charge is 0.263 e. The molecule has 1 atom stereocenters. The van der Waals surface area contributed by atoms with E-state index in [-0.39, 0.29) is 21.5 Å². The van der Waals surface area contributed by atoms with Gasteiger partial charge in [-0.2, -0.15) is 0 Å². The number of carbonyl (C=O) groups is 1. The Bertz CT molecular complexity index is 977. The van der Waals surface area contributed by atoms with E-state index in [1.165, 1.54) is 42.5 Å². The van der Waals surface area contributed by atoms with Gasteiger partial charge in [0.15, 0.2) is 6.10 Å². The number of rotatable bonds is 6. The van der Waals surface area contributed by atoms with E-state index in [0.29, 0.717) is 37.1 Å². The third-order valence-corrected chi connectivity index (χ3v) is 6.22. The van der Waals surface area contributed by atoms with E-state index in [4.69, 9.17) is 32.7 Å². The zero-order chi connectivity index (χ0) is 21.0. The summed E-state index contributed by atoms with van der Waals surface area (Å²) in [5, 5.41) is 0.594. The number of amides is 1. The third-order valence-electron chi connectivity index (χ3n) is 4.29. The molecule has 0 spiro atoms. The minimum absolute atomic E-state index is 0.0306. The molecule has 1 aliphatic rings. The lowest BCUT2D eigenvalue weighted by Crippen LogP contribution is -2.46. The lowest BCUT2D eigenvalue weighted by Gasteiger charge is -2.29. The maximum atomic E-state index is 12.6. The molecule has 0 aliphatic carbocycles. The minimum atomic E-state index is -3.85. The van der Waals surface area contributed by atoms with Crippen molar-refractivity contribution in [3.05, 3.63) is 52.5 Å². The Morgan fingerprint density at radius 1 is 1.14 bits per heavy atom. The Balaban J connectivity index is 1.66. The van der Waals surface area contributed by atoms with Crippen LogP contribution < -0.4 is 9.46 Å². The van der Waals surface area contributed by atoms with E-state index in [0.717, 1.165) is 0 Å². The number of anilines is 1. The number of hydrogen-bond acceptors (Lipinski definition) is 5. The van der Waals surface area contributed by atoms with Gasteiger partial charge in [0.2, 0.25) is 0 Å². The first-order chi connectivity index (χ1) is 13.8. The van der Waals surface area contributed by atoms with Gasteiger partial charge in [0.1, 0.15) is 5.75 Å². The average molecular weight is 459 g/mol. The van der Waals surface area contributed by atoms with E-state index < -0.39 is 16.1 Å². The van der Waals surface area contributed by atoms with E-state index >= 15 is 0 Å². The van der Waals surface area contributed by atoms with Crippen molar-refractivity contribution in [1.82, 2.24) is 4.90 Å². The van der Waals surface area contributed by atoms with Gasteiger partial charge in [-0.1, -0.05) is 23.2 Å². The Morgan fingerprint density at radius 3 is 2.41 bits per heavy atom. The molecular formula is C19H20Cl2N2O5S. The minimum Gasteiger partial charge on any atom is -0.481 e. The first kappa shape index (κ1) is 21.7. The van der Waals surface area contributed by atoms with Crippen LogP contribution in [0.1, 0.15) is 6.92 Å². The first-order valence-corrected chi connectivity index (χ1v) is 11.1. The molecule has 3 rings (SSSR count). The van der Waals surface area contributed by atoms with E-state index in [1.807, 2.05) is 0 Å². The number of sulfonamides is 1. The van der Waals surface area contributed by atoms with Gasteiger partial charge in [0.25, 0.3) is 15.9 Å². The first-order valence-electron chi connectivity index (χ1n) is 8.87. The second-order valence-corrected chi connectivity index (χ2v) is 8.92. The highest BCUT2D eigenvalue weighted by molar-refractivity contribution is 7.92. The molecule has 1 amide bonds. The number of halogens is 2. The predicted octanol–water partition coefficient (Wildman–Crippen LogP) is 3.42. The Hall–Kier alpha value is -2.00. The van der Waals surface area contributed by atoms with Crippen LogP contribution in [0.3, 0.4) is 0 Å². The molecule has 0 radical (unpaired) electrons. The summed E-state index contributed by atoms with van der Waals surface area (Å²) < 4.78 is 38.5. The molecule has 1 fully saturated rings. The SMILES string of the molecule is C[C@@H](Oc1ccc(S(=O)(=O)Nc2ccc(Cl)cc2Cl)cc1)C(=O)N1CCOCC1. The van der Waals surface area contributed by atoms with Crippen molar-refractivity contribution in [2.75, 3.05) is 31.0 Å². The van der Waals surface area contributed by atoms with Crippen molar-refractivity contribution in [2.45, 2.75) is 17.9 Å². The molecule has 1 saturated heterocycles. The van der Waals surface area contributed by atoms with Crippen LogP contribution in [0.15, 0.2) is 47.4 Å². The molecule has 1 aliphatic heterocycles. The number of ether oxygens (including phenoxy) is 2. The highest BCUT2D eigenvalue weighted by Crippen LogP contribution is 2.28. The Labute approximate surface area is 179 Å². The number of benzene rings is 2. The summed E-state index contributed by atoms with van der Waals surface area (Å²) in [7, 11) is -3.85. The fourth-order valence-electron chi connectivity index (χ4n) is 2.77. The van der Waals surface area contributed by atoms with Gasteiger partial charge in [-0.3, -0.25) is 9.52 Å². The molecule has 2 aromatic carbocycles. The molecule has 1 N–H and O–H groups in total. The quantitative estimate of drug-likeness (QED) is 0.716. The summed E-state index contributed by atoms with van der Waals surface area (Å²) in [6.07, 6.45) is -0.693. The average Bonchev–Trinajstić information content (AvgIpc) is 2.70. The topological polar surface area (TPSA) is 84.9 Å². The molecule has 2 aromatic rings. The van der Waals surface area contributed by atoms with E-state index in [1.54, 1.807) is 11.8 Å². The standard InChI is InChI=1S/C19H20Cl2N2O5S/c1-13(19(24)23-8-10-27-11-9-23)28-15-3-5-16(6-4-15)29(25,26)22-18-7-2-14(20)12-17(18)21/h2-7,12-13,22H,8-11H2,1H3/t13-/m1/s1. The van der Waals surface area contributed by atoms with Crippen LogP contribution in [0.5, 0.6) is 5.75 Å². The van der Waals surface area contributed by atoms with Crippen LogP contribution in [0.2, 0.25) is 10.0 Å². The lowest BCUT2D eigenvalue weighted by molar-refractivity contribution is -0.142. The molecule has 0 bridgehead atoms. The second-order valence-electron chi connectivity index (χ2n) is 6.40. The molecule has 0 aromatic heterocycles. The summed E-state index contributed by atoms with van der Waals surface area (Å²) in [6, 6.07) is 10.3. The van der Waals surface area contributed by atoms with Crippen molar-refractivity contribution in [1.29, 1.82) is 0 Å². The fourth-order valence-corrected chi connectivity index (χ4v) is 4.36. The molecule has 10 heteroatoms. The van der Waals surface area contributed by atoms with E-state index in [2.05, 4.69) is 4.72 Å². The van der Waals surface area contributed by atoms with Gasteiger partial charge in [-0.15, -0.1) is 0 Å². The highest BCUT2D eigenvalue weighted by Gasteiger charge is 2.24. The van der Waals surface area contributed by atoms with Crippen molar-refractivity contribution in [2.24, 2.45) is 0 Å². The molecule has 156 valence electrons. The molecule has 1 heterocycles. The van der Waals surface area contributed by atoms with Gasteiger partial charge in [-0.05, 0) is 49.4 Å². The fraction of sp³-hybridized carbons (Fsp3) is 0.316. The molecule has 0 saturated carbocycles. The van der Waals surface area contributed by atoms with Gasteiger partial charge in [-0.25, -0.2) is 8.42 Å². The molecule has 29 heavy (non-hydrogen) atoms. The molecule has 7 nitrogen and oxygen atoms in total. The largest absolute Gasteiger partial charge is 0.481 e. The lowest BCUT2D eigenvalue weighted by atomic mass is 10.3. The number of nitrogens with zero attached hydrogens (tertiary/aromatic N) is 1. The van der Waals surface area contributed by atoms with Gasteiger partial charge in [0, 0.05) is 18.1 Å². The normalized spacial score (nSPS) is 15.6. The summed E-state index contributed by atoms with van der Waals surface area (Å²) in [5.41, 5.74) is 0.223. The molecule has 0 unspecified atom stereocenters. The van der Waals surface area contributed by atoms with Crippen molar-refractivity contribution in [3.63, 3.8) is 0 Å². The Kier molecular flexibility index (Phi) is 6.89. The number of carbonyl (C=O) groups excluding carboxylic acids is 1. The third kappa shape index (κ3) is 5.54.